The van der Waals surface area contributed by atoms with Crippen LogP contribution in [-0.2, 0) is 10.2 Å². The SMILES string of the molecule is C=PCC(N1C(=O)C2(COc3cc4c(cc32)OCCO4)c2c(-c3cnc4ccccc4c3)cccc21)[P+](=C)C. The summed E-state index contributed by atoms with van der Waals surface area (Å²) < 4.78 is 18.1. The molecule has 8 heteroatoms. The normalized spacial score (nSPS) is 20.2. The molecule has 7 rings (SSSR count). The second-order valence-electron chi connectivity index (χ2n) is 10.1. The number of pyridine rings is 1. The maximum atomic E-state index is 14.9. The molecule has 4 aromatic rings. The lowest BCUT2D eigenvalue weighted by molar-refractivity contribution is -0.122. The monoisotopic (exact) mass is 553 g/mol. The zero-order valence-corrected chi connectivity index (χ0v) is 23.4. The van der Waals surface area contributed by atoms with Crippen molar-refractivity contribution in [1.82, 2.24) is 4.98 Å². The lowest BCUT2D eigenvalue weighted by Crippen LogP contribution is -2.46. The molecule has 3 aliphatic heterocycles. The van der Waals surface area contributed by atoms with Gasteiger partial charge in [-0.15, -0.1) is 8.20 Å². The smallest absolute Gasteiger partial charge is 0.249 e. The molecule has 0 radical (unpaired) electrons. The third-order valence-electron chi connectivity index (χ3n) is 7.86. The number of benzene rings is 3. The van der Waals surface area contributed by atoms with Crippen LogP contribution in [0.4, 0.5) is 5.69 Å². The summed E-state index contributed by atoms with van der Waals surface area (Å²) in [7, 11) is 0.263. The molecule has 3 atom stereocenters. The fourth-order valence-corrected chi connectivity index (χ4v) is 8.55. The second kappa shape index (κ2) is 9.19. The average Bonchev–Trinajstić information content (AvgIpc) is 3.45. The van der Waals surface area contributed by atoms with Gasteiger partial charge in [-0.3, -0.25) is 14.7 Å². The van der Waals surface area contributed by atoms with E-state index in [1.54, 1.807) is 0 Å². The Kier molecular flexibility index (Phi) is 5.73. The van der Waals surface area contributed by atoms with Gasteiger partial charge in [0.15, 0.2) is 11.5 Å². The number of aromatic nitrogens is 1. The van der Waals surface area contributed by atoms with Crippen LogP contribution in [-0.4, -0.2) is 61.9 Å². The van der Waals surface area contributed by atoms with Crippen molar-refractivity contribution in [1.29, 1.82) is 0 Å². The Balaban J connectivity index is 1.51. The Morgan fingerprint density at radius 2 is 1.85 bits per heavy atom. The Labute approximate surface area is 229 Å². The van der Waals surface area contributed by atoms with Gasteiger partial charge in [0.05, 0.1) is 30.3 Å². The predicted molar refractivity (Wildman–Crippen MR) is 161 cm³/mol. The molecule has 194 valence electrons. The zero-order chi connectivity index (χ0) is 26.7. The number of carbonyl (C=O) groups excluding carboxylic acids is 1. The first kappa shape index (κ1) is 24.3. The van der Waals surface area contributed by atoms with Crippen molar-refractivity contribution in [3.05, 3.63) is 78.0 Å². The van der Waals surface area contributed by atoms with E-state index >= 15 is 0 Å². The molecule has 0 saturated carbocycles. The highest BCUT2D eigenvalue weighted by Gasteiger charge is 2.60. The van der Waals surface area contributed by atoms with E-state index in [0.29, 0.717) is 30.5 Å². The van der Waals surface area contributed by atoms with Crippen molar-refractivity contribution in [2.75, 3.05) is 37.5 Å². The molecule has 3 unspecified atom stereocenters. The Hall–Kier alpha value is -3.72. The van der Waals surface area contributed by atoms with Gasteiger partial charge in [0.25, 0.3) is 0 Å². The number of rotatable bonds is 5. The Morgan fingerprint density at radius 3 is 2.64 bits per heavy atom. The van der Waals surface area contributed by atoms with Crippen LogP contribution in [0.25, 0.3) is 22.0 Å². The third kappa shape index (κ3) is 3.55. The molecule has 0 bridgehead atoms. The number of fused-ring (bicyclic) bond motifs is 6. The highest BCUT2D eigenvalue weighted by molar-refractivity contribution is 7.56. The number of para-hydroxylation sites is 1. The van der Waals surface area contributed by atoms with Gasteiger partial charge in [-0.2, -0.15) is 0 Å². The van der Waals surface area contributed by atoms with E-state index in [-0.39, 0.29) is 18.3 Å². The van der Waals surface area contributed by atoms with Crippen LogP contribution in [0.1, 0.15) is 11.1 Å². The molecule has 1 amide bonds. The third-order valence-corrected chi connectivity index (χ3v) is 10.2. The molecule has 1 aromatic heterocycles. The molecule has 39 heavy (non-hydrogen) atoms. The molecule has 3 aromatic carbocycles. The molecular weight excluding hydrogens is 526 g/mol. The minimum atomic E-state index is -1.02. The van der Waals surface area contributed by atoms with Crippen LogP contribution in [0, 0.1) is 0 Å². The molecule has 6 nitrogen and oxygen atoms in total. The van der Waals surface area contributed by atoms with Crippen molar-refractivity contribution in [2.45, 2.75) is 11.2 Å². The van der Waals surface area contributed by atoms with Gasteiger partial charge in [-0.25, -0.2) is 0 Å². The molecular formula is C31H27N2O4P2+. The van der Waals surface area contributed by atoms with Gasteiger partial charge in [-0.1, -0.05) is 36.6 Å². The van der Waals surface area contributed by atoms with Gasteiger partial charge >= 0.3 is 0 Å². The fourth-order valence-electron chi connectivity index (χ4n) is 6.07. The number of anilines is 1. The predicted octanol–water partition coefficient (Wildman–Crippen LogP) is 5.95. The van der Waals surface area contributed by atoms with Crippen molar-refractivity contribution < 1.29 is 19.0 Å². The minimum Gasteiger partial charge on any atom is -0.491 e. The lowest BCUT2D eigenvalue weighted by atomic mass is 9.74. The fraction of sp³-hybridized carbons (Fsp3) is 0.226. The highest BCUT2D eigenvalue weighted by atomic mass is 31.1. The second-order valence-corrected chi connectivity index (χ2v) is 13.0. The zero-order valence-electron chi connectivity index (χ0n) is 21.6. The van der Waals surface area contributed by atoms with Gasteiger partial charge in [0.2, 0.25) is 11.7 Å². The first-order chi connectivity index (χ1) is 19.0. The van der Waals surface area contributed by atoms with E-state index in [1.165, 1.54) is 0 Å². The van der Waals surface area contributed by atoms with Gasteiger partial charge < -0.3 is 14.2 Å². The van der Waals surface area contributed by atoms with Crippen LogP contribution >= 0.6 is 15.7 Å². The van der Waals surface area contributed by atoms with Crippen molar-refractivity contribution in [3.8, 4) is 28.4 Å². The summed E-state index contributed by atoms with van der Waals surface area (Å²) in [4.78, 5) is 21.6. The Bertz CT molecular complexity index is 1700. The molecule has 0 saturated heterocycles. The summed E-state index contributed by atoms with van der Waals surface area (Å²) >= 11 is 0. The van der Waals surface area contributed by atoms with Crippen LogP contribution in [0.2, 0.25) is 0 Å². The number of nitrogens with zero attached hydrogens (tertiary/aromatic N) is 2. The largest absolute Gasteiger partial charge is 0.491 e. The van der Waals surface area contributed by atoms with Gasteiger partial charge in [0.1, 0.15) is 38.5 Å². The maximum Gasteiger partial charge on any atom is 0.249 e. The van der Waals surface area contributed by atoms with Crippen molar-refractivity contribution in [3.63, 3.8) is 0 Å². The summed E-state index contributed by atoms with van der Waals surface area (Å²) in [6, 6.07) is 20.2. The number of ether oxygens (including phenoxy) is 3. The topological polar surface area (TPSA) is 60.9 Å². The van der Waals surface area contributed by atoms with E-state index in [4.69, 9.17) is 19.2 Å². The molecule has 3 aliphatic rings. The Morgan fingerprint density at radius 1 is 1.05 bits per heavy atom. The van der Waals surface area contributed by atoms with Crippen LogP contribution in [0.3, 0.4) is 0 Å². The minimum absolute atomic E-state index is 0.0146. The van der Waals surface area contributed by atoms with E-state index in [0.717, 1.165) is 53.2 Å². The molecule has 0 fully saturated rings. The van der Waals surface area contributed by atoms with Crippen LogP contribution in [0.5, 0.6) is 17.2 Å². The molecule has 1 spiro atoms. The number of hydrogen-bond acceptors (Lipinski definition) is 5. The molecule has 4 heterocycles. The average molecular weight is 554 g/mol. The summed E-state index contributed by atoms with van der Waals surface area (Å²) in [5.41, 5.74) is 4.52. The van der Waals surface area contributed by atoms with E-state index in [2.05, 4.69) is 43.5 Å². The van der Waals surface area contributed by atoms with E-state index in [9.17, 15) is 4.79 Å². The van der Waals surface area contributed by atoms with Crippen LogP contribution < -0.4 is 19.1 Å². The summed E-state index contributed by atoms with van der Waals surface area (Å²) in [6.45, 7) is 3.29. The first-order valence-electron chi connectivity index (χ1n) is 12.9. The maximum absolute atomic E-state index is 14.9. The summed E-state index contributed by atoms with van der Waals surface area (Å²) in [6.07, 6.45) is 11.1. The van der Waals surface area contributed by atoms with Crippen molar-refractivity contribution >= 4 is 50.8 Å². The van der Waals surface area contributed by atoms with Crippen molar-refractivity contribution in [2.24, 2.45) is 0 Å². The number of carbonyl (C=O) groups is 1. The standard InChI is InChI=1S/C31H27N2O4P2/c1-38-17-28(39(2)3)33-24-10-6-8-21(20-13-19-7-4-5-9-23(19)32-16-20)29(24)31(30(33)34)18-37-25-15-27-26(14-22(25)31)35-11-12-36-27/h4-10,13-16,28H,1-2,11-12,17-18H2,3H3/q+1. The first-order valence-corrected chi connectivity index (χ1v) is 16.2. The molecule has 0 aliphatic carbocycles. The molecule has 0 N–H and O–H groups in total. The number of amides is 1. The van der Waals surface area contributed by atoms with E-state index < -0.39 is 13.0 Å². The van der Waals surface area contributed by atoms with Gasteiger partial charge in [0, 0.05) is 34.3 Å². The lowest BCUT2D eigenvalue weighted by Gasteiger charge is -2.26. The quantitative estimate of drug-likeness (QED) is 0.286. The van der Waals surface area contributed by atoms with E-state index in [1.807, 2.05) is 47.5 Å². The number of hydrogen-bond donors (Lipinski definition) is 0. The summed E-state index contributed by atoms with van der Waals surface area (Å²) in [5.74, 6) is 1.92. The van der Waals surface area contributed by atoms with Crippen LogP contribution in [0.15, 0.2) is 66.9 Å². The highest BCUT2D eigenvalue weighted by Crippen LogP contribution is 2.58. The summed E-state index contributed by atoms with van der Waals surface area (Å²) in [5, 5.41) is 1.05. The van der Waals surface area contributed by atoms with Gasteiger partial charge in [-0.05, 0) is 29.8 Å².